The van der Waals surface area contributed by atoms with Crippen molar-refractivity contribution < 1.29 is 4.74 Å². The maximum atomic E-state index is 6.08. The minimum Gasteiger partial charge on any atom is -0.493 e. The molecule has 0 fully saturated rings. The number of ether oxygens (including phenoxy) is 1. The first-order valence-electron chi connectivity index (χ1n) is 7.80. The van der Waals surface area contributed by atoms with Crippen LogP contribution < -0.4 is 15.8 Å². The summed E-state index contributed by atoms with van der Waals surface area (Å²) in [6.45, 7) is 6.79. The van der Waals surface area contributed by atoms with Gasteiger partial charge in [0.05, 0.1) is 12.6 Å². The van der Waals surface area contributed by atoms with Gasteiger partial charge in [-0.3, -0.25) is 4.99 Å². The normalized spacial score (nSPS) is 18.0. The molecular weight excluding hydrogens is 403 g/mol. The van der Waals surface area contributed by atoms with E-state index in [0.717, 1.165) is 24.3 Å². The predicted octanol–water partition coefficient (Wildman–Crippen LogP) is 2.62. The van der Waals surface area contributed by atoms with E-state index in [4.69, 9.17) is 10.5 Å². The summed E-state index contributed by atoms with van der Waals surface area (Å²) in [5.74, 6) is 1.44. The number of aliphatic imine (C=N–C) groups is 1. The van der Waals surface area contributed by atoms with Gasteiger partial charge in [-0.15, -0.1) is 24.0 Å². The highest BCUT2D eigenvalue weighted by atomic mass is 127. The van der Waals surface area contributed by atoms with Crippen molar-refractivity contribution in [2.75, 3.05) is 33.8 Å². The number of para-hydroxylation sites is 1. The summed E-state index contributed by atoms with van der Waals surface area (Å²) < 4.78 is 5.67. The van der Waals surface area contributed by atoms with Crippen LogP contribution in [0.3, 0.4) is 0 Å². The molecule has 23 heavy (non-hydrogen) atoms. The van der Waals surface area contributed by atoms with E-state index in [0.29, 0.717) is 19.1 Å². The molecule has 0 saturated carbocycles. The van der Waals surface area contributed by atoms with Gasteiger partial charge in [0.15, 0.2) is 5.96 Å². The smallest absolute Gasteiger partial charge is 0.189 e. The molecule has 3 N–H and O–H groups in total. The number of benzene rings is 1. The monoisotopic (exact) mass is 432 g/mol. The standard InChI is InChI=1S/C17H28N4O.HI/c1-17(2,12-21(3)4)11-19-16(18)20-14-9-10-22-15-8-6-5-7-13(14)15;/h5-8,14H,9-12H2,1-4H3,(H3,18,19,20);1H. The number of hydrogen-bond acceptors (Lipinski definition) is 3. The second-order valence-corrected chi connectivity index (χ2v) is 6.98. The number of hydrogen-bond donors (Lipinski definition) is 2. The molecule has 1 aromatic rings. The Hall–Kier alpha value is -1.02. The SMILES string of the molecule is CN(C)CC(C)(C)CN=C(N)NC1CCOc2ccccc21.I. The van der Waals surface area contributed by atoms with E-state index < -0.39 is 0 Å². The molecule has 5 nitrogen and oxygen atoms in total. The lowest BCUT2D eigenvalue weighted by Gasteiger charge is -2.28. The molecule has 1 aliphatic heterocycles. The van der Waals surface area contributed by atoms with E-state index in [2.05, 4.69) is 49.2 Å². The highest BCUT2D eigenvalue weighted by Crippen LogP contribution is 2.31. The highest BCUT2D eigenvalue weighted by molar-refractivity contribution is 14.0. The van der Waals surface area contributed by atoms with Crippen LogP contribution in [0.15, 0.2) is 29.3 Å². The van der Waals surface area contributed by atoms with Gasteiger partial charge in [-0.25, -0.2) is 0 Å². The lowest BCUT2D eigenvalue weighted by molar-refractivity contribution is 0.248. The minimum atomic E-state index is 0. The zero-order valence-electron chi connectivity index (χ0n) is 14.5. The maximum absolute atomic E-state index is 6.08. The molecule has 0 spiro atoms. The van der Waals surface area contributed by atoms with Crippen molar-refractivity contribution in [3.05, 3.63) is 29.8 Å². The van der Waals surface area contributed by atoms with Gasteiger partial charge in [0, 0.05) is 25.1 Å². The van der Waals surface area contributed by atoms with Crippen LogP contribution in [0.1, 0.15) is 31.9 Å². The highest BCUT2D eigenvalue weighted by Gasteiger charge is 2.22. The quantitative estimate of drug-likeness (QED) is 0.427. The number of rotatable bonds is 5. The molecule has 1 heterocycles. The van der Waals surface area contributed by atoms with Crippen molar-refractivity contribution >= 4 is 29.9 Å². The first-order valence-corrected chi connectivity index (χ1v) is 7.80. The summed E-state index contributed by atoms with van der Waals surface area (Å²) in [6, 6.07) is 8.26. The number of halogens is 1. The summed E-state index contributed by atoms with van der Waals surface area (Å²) in [7, 11) is 4.15. The average molecular weight is 432 g/mol. The van der Waals surface area contributed by atoms with Gasteiger partial charge >= 0.3 is 0 Å². The summed E-state index contributed by atoms with van der Waals surface area (Å²) in [6.07, 6.45) is 0.897. The van der Waals surface area contributed by atoms with Crippen LogP contribution in [-0.4, -0.2) is 44.7 Å². The van der Waals surface area contributed by atoms with E-state index in [1.165, 1.54) is 0 Å². The summed E-state index contributed by atoms with van der Waals surface area (Å²) in [4.78, 5) is 6.71. The van der Waals surface area contributed by atoms with Crippen molar-refractivity contribution in [1.82, 2.24) is 10.2 Å². The molecule has 1 atom stereocenters. The third-order valence-corrected chi connectivity index (χ3v) is 3.70. The van der Waals surface area contributed by atoms with Crippen LogP contribution in [0.25, 0.3) is 0 Å². The van der Waals surface area contributed by atoms with Crippen molar-refractivity contribution in [3.63, 3.8) is 0 Å². The third-order valence-electron chi connectivity index (χ3n) is 3.70. The van der Waals surface area contributed by atoms with E-state index in [9.17, 15) is 0 Å². The number of guanidine groups is 1. The van der Waals surface area contributed by atoms with E-state index in [1.54, 1.807) is 0 Å². The fraction of sp³-hybridized carbons (Fsp3) is 0.588. The topological polar surface area (TPSA) is 62.9 Å². The minimum absolute atomic E-state index is 0. The zero-order valence-corrected chi connectivity index (χ0v) is 16.8. The Balaban J connectivity index is 0.00000264. The van der Waals surface area contributed by atoms with Crippen LogP contribution in [0.5, 0.6) is 5.75 Å². The summed E-state index contributed by atoms with van der Waals surface area (Å²) >= 11 is 0. The Morgan fingerprint density at radius 2 is 2.09 bits per heavy atom. The first kappa shape index (κ1) is 20.0. The Labute approximate surface area is 156 Å². The molecule has 1 aromatic carbocycles. The van der Waals surface area contributed by atoms with Crippen molar-refractivity contribution in [2.45, 2.75) is 26.3 Å². The summed E-state index contributed by atoms with van der Waals surface area (Å²) in [5.41, 5.74) is 7.34. The van der Waals surface area contributed by atoms with Crippen LogP contribution >= 0.6 is 24.0 Å². The second-order valence-electron chi connectivity index (χ2n) is 6.98. The largest absolute Gasteiger partial charge is 0.493 e. The first-order chi connectivity index (χ1) is 10.4. The number of nitrogens with two attached hydrogens (primary N) is 1. The molecule has 0 saturated heterocycles. The van der Waals surface area contributed by atoms with Gasteiger partial charge in [-0.05, 0) is 25.6 Å². The van der Waals surface area contributed by atoms with E-state index >= 15 is 0 Å². The second kappa shape index (κ2) is 8.73. The molecule has 0 aliphatic carbocycles. The van der Waals surface area contributed by atoms with Gasteiger partial charge in [0.2, 0.25) is 0 Å². The van der Waals surface area contributed by atoms with Gasteiger partial charge in [0.1, 0.15) is 5.75 Å². The fourth-order valence-corrected chi connectivity index (χ4v) is 2.92. The zero-order chi connectivity index (χ0) is 16.2. The molecule has 130 valence electrons. The number of nitrogens with zero attached hydrogens (tertiary/aromatic N) is 2. The molecule has 0 bridgehead atoms. The van der Waals surface area contributed by atoms with Crippen molar-refractivity contribution in [3.8, 4) is 5.75 Å². The molecule has 1 aliphatic rings. The maximum Gasteiger partial charge on any atom is 0.189 e. The van der Waals surface area contributed by atoms with Gasteiger partial charge in [-0.2, -0.15) is 0 Å². The molecule has 0 radical (unpaired) electrons. The Morgan fingerprint density at radius 3 is 2.78 bits per heavy atom. The van der Waals surface area contributed by atoms with Gasteiger partial charge in [-0.1, -0.05) is 32.0 Å². The molecule has 6 heteroatoms. The van der Waals surface area contributed by atoms with E-state index in [1.807, 2.05) is 18.2 Å². The third kappa shape index (κ3) is 6.18. The van der Waals surface area contributed by atoms with Gasteiger partial charge < -0.3 is 20.7 Å². The molecular formula is C17H29IN4O. The lowest BCUT2D eigenvalue weighted by Crippen LogP contribution is -2.39. The fourth-order valence-electron chi connectivity index (χ4n) is 2.92. The predicted molar refractivity (Wildman–Crippen MR) is 107 cm³/mol. The number of nitrogens with one attached hydrogen (secondary N) is 1. The van der Waals surface area contributed by atoms with E-state index in [-0.39, 0.29) is 35.4 Å². The van der Waals surface area contributed by atoms with Crippen molar-refractivity contribution in [2.24, 2.45) is 16.1 Å². The molecule has 0 aromatic heterocycles. The Kier molecular flexibility index (Phi) is 7.60. The lowest BCUT2D eigenvalue weighted by atomic mass is 9.93. The van der Waals surface area contributed by atoms with Crippen LogP contribution in [0, 0.1) is 5.41 Å². The Bertz CT molecular complexity index is 531. The van der Waals surface area contributed by atoms with Gasteiger partial charge in [0.25, 0.3) is 0 Å². The Morgan fingerprint density at radius 1 is 1.39 bits per heavy atom. The molecule has 0 amide bonds. The van der Waals surface area contributed by atoms with Crippen LogP contribution in [0.2, 0.25) is 0 Å². The molecule has 1 unspecified atom stereocenters. The molecule has 2 rings (SSSR count). The van der Waals surface area contributed by atoms with Crippen LogP contribution in [0.4, 0.5) is 0 Å². The number of fused-ring (bicyclic) bond motifs is 1. The average Bonchev–Trinajstić information content (AvgIpc) is 2.44. The summed E-state index contributed by atoms with van der Waals surface area (Å²) in [5, 5.41) is 3.34. The van der Waals surface area contributed by atoms with Crippen molar-refractivity contribution in [1.29, 1.82) is 0 Å². The van der Waals surface area contributed by atoms with Crippen LogP contribution in [-0.2, 0) is 0 Å².